The average molecular weight is 202 g/mol. The summed E-state index contributed by atoms with van der Waals surface area (Å²) < 4.78 is 0. The van der Waals surface area contributed by atoms with E-state index in [-0.39, 0.29) is 18.8 Å². The lowest BCUT2D eigenvalue weighted by Gasteiger charge is -2.25. The molecule has 0 heterocycles. The molecule has 14 heavy (non-hydrogen) atoms. The fourth-order valence-electron chi connectivity index (χ4n) is 1.71. The normalized spacial score (nSPS) is 11.7. The highest BCUT2D eigenvalue weighted by Crippen LogP contribution is 2.32. The number of rotatable bonds is 6. The van der Waals surface area contributed by atoms with E-state index in [0.717, 1.165) is 0 Å². The van der Waals surface area contributed by atoms with Crippen LogP contribution in [0.15, 0.2) is 0 Å². The fourth-order valence-corrected chi connectivity index (χ4v) is 1.71. The maximum Gasteiger partial charge on any atom is 0.321 e. The summed E-state index contributed by atoms with van der Waals surface area (Å²) in [5.41, 5.74) is -1.59. The van der Waals surface area contributed by atoms with Gasteiger partial charge in [0.15, 0.2) is 5.41 Å². The molecule has 0 amide bonds. The van der Waals surface area contributed by atoms with Crippen LogP contribution in [0, 0.1) is 11.3 Å². The maximum atomic E-state index is 11.0. The lowest BCUT2D eigenvalue weighted by Crippen LogP contribution is -2.40. The largest absolute Gasteiger partial charge is 0.480 e. The molecule has 0 saturated carbocycles. The smallest absolute Gasteiger partial charge is 0.321 e. The molecule has 0 aromatic heterocycles. The van der Waals surface area contributed by atoms with E-state index in [2.05, 4.69) is 0 Å². The van der Waals surface area contributed by atoms with E-state index in [4.69, 9.17) is 10.2 Å². The van der Waals surface area contributed by atoms with Gasteiger partial charge in [0.25, 0.3) is 0 Å². The molecular formula is C10H18O4. The van der Waals surface area contributed by atoms with Crippen LogP contribution in [0.25, 0.3) is 0 Å². The van der Waals surface area contributed by atoms with Crippen LogP contribution in [0.2, 0.25) is 0 Å². The molecule has 0 radical (unpaired) electrons. The molecule has 0 spiro atoms. The van der Waals surface area contributed by atoms with E-state index >= 15 is 0 Å². The van der Waals surface area contributed by atoms with E-state index in [9.17, 15) is 9.59 Å². The van der Waals surface area contributed by atoms with Crippen molar-refractivity contribution < 1.29 is 19.8 Å². The first-order chi connectivity index (χ1) is 6.36. The standard InChI is InChI=1S/C10H18O4/c1-4-5-10(8(11)12,9(13)14)6-7(2)3/h7H,4-6H2,1-3H3,(H,11,12)(H,13,14). The molecule has 0 bridgehead atoms. The Morgan fingerprint density at radius 3 is 1.86 bits per heavy atom. The Hall–Kier alpha value is -1.06. The second-order valence-corrected chi connectivity index (χ2v) is 4.04. The van der Waals surface area contributed by atoms with Gasteiger partial charge in [-0.1, -0.05) is 27.2 Å². The van der Waals surface area contributed by atoms with Crippen molar-refractivity contribution in [3.63, 3.8) is 0 Å². The number of carbonyl (C=O) groups is 2. The van der Waals surface area contributed by atoms with Crippen LogP contribution < -0.4 is 0 Å². The number of hydrogen-bond donors (Lipinski definition) is 2. The monoisotopic (exact) mass is 202 g/mol. The summed E-state index contributed by atoms with van der Waals surface area (Å²) in [5.74, 6) is -2.38. The first-order valence-electron chi connectivity index (χ1n) is 4.83. The Morgan fingerprint density at radius 1 is 1.21 bits per heavy atom. The zero-order valence-electron chi connectivity index (χ0n) is 8.91. The van der Waals surface area contributed by atoms with Gasteiger partial charge in [-0.3, -0.25) is 9.59 Å². The molecule has 2 N–H and O–H groups in total. The van der Waals surface area contributed by atoms with Crippen LogP contribution in [0.4, 0.5) is 0 Å². The van der Waals surface area contributed by atoms with Crippen molar-refractivity contribution >= 4 is 11.9 Å². The Balaban J connectivity index is 4.94. The Morgan fingerprint density at radius 2 is 1.64 bits per heavy atom. The zero-order chi connectivity index (χ0) is 11.4. The lowest BCUT2D eigenvalue weighted by atomic mass is 9.76. The predicted molar refractivity (Wildman–Crippen MR) is 52.1 cm³/mol. The zero-order valence-corrected chi connectivity index (χ0v) is 8.91. The molecule has 0 aliphatic heterocycles. The van der Waals surface area contributed by atoms with E-state index in [0.29, 0.717) is 6.42 Å². The van der Waals surface area contributed by atoms with Crippen LogP contribution >= 0.6 is 0 Å². The van der Waals surface area contributed by atoms with Gasteiger partial charge in [0.05, 0.1) is 0 Å². The number of aliphatic carboxylic acids is 2. The van der Waals surface area contributed by atoms with Gasteiger partial charge in [0, 0.05) is 0 Å². The molecule has 4 nitrogen and oxygen atoms in total. The van der Waals surface area contributed by atoms with Crippen LogP contribution in [0.3, 0.4) is 0 Å². The molecule has 0 aromatic carbocycles. The molecule has 0 saturated heterocycles. The van der Waals surface area contributed by atoms with Gasteiger partial charge in [-0.2, -0.15) is 0 Å². The highest BCUT2D eigenvalue weighted by Gasteiger charge is 2.45. The Labute approximate surface area is 83.9 Å². The Kier molecular flexibility index (Phi) is 4.60. The summed E-state index contributed by atoms with van der Waals surface area (Å²) in [6.07, 6.45) is 0.937. The van der Waals surface area contributed by atoms with Crippen molar-refractivity contribution in [1.82, 2.24) is 0 Å². The third-order valence-electron chi connectivity index (χ3n) is 2.25. The topological polar surface area (TPSA) is 74.6 Å². The van der Waals surface area contributed by atoms with Crippen molar-refractivity contribution in [3.8, 4) is 0 Å². The minimum Gasteiger partial charge on any atom is -0.480 e. The summed E-state index contributed by atoms with van der Waals surface area (Å²) in [5, 5.41) is 18.0. The highest BCUT2D eigenvalue weighted by molar-refractivity contribution is 5.98. The molecule has 82 valence electrons. The van der Waals surface area contributed by atoms with Crippen molar-refractivity contribution in [1.29, 1.82) is 0 Å². The van der Waals surface area contributed by atoms with Crippen LogP contribution in [0.1, 0.15) is 40.0 Å². The molecule has 0 fully saturated rings. The van der Waals surface area contributed by atoms with Crippen molar-refractivity contribution in [2.75, 3.05) is 0 Å². The van der Waals surface area contributed by atoms with E-state index < -0.39 is 17.4 Å². The summed E-state index contributed by atoms with van der Waals surface area (Å²) in [4.78, 5) is 22.0. The molecule has 4 heteroatoms. The highest BCUT2D eigenvalue weighted by atomic mass is 16.4. The molecule has 0 aromatic rings. The van der Waals surface area contributed by atoms with E-state index in [1.807, 2.05) is 13.8 Å². The fraction of sp³-hybridized carbons (Fsp3) is 0.800. The van der Waals surface area contributed by atoms with Gasteiger partial charge in [0.2, 0.25) is 0 Å². The second kappa shape index (κ2) is 4.98. The van der Waals surface area contributed by atoms with Gasteiger partial charge < -0.3 is 10.2 Å². The van der Waals surface area contributed by atoms with Crippen LogP contribution in [-0.2, 0) is 9.59 Å². The van der Waals surface area contributed by atoms with Crippen LogP contribution in [-0.4, -0.2) is 22.2 Å². The molecule has 0 aliphatic carbocycles. The van der Waals surface area contributed by atoms with E-state index in [1.54, 1.807) is 6.92 Å². The molecule has 0 unspecified atom stereocenters. The van der Waals surface area contributed by atoms with Gasteiger partial charge in [0.1, 0.15) is 0 Å². The summed E-state index contributed by atoms with van der Waals surface area (Å²) in [6, 6.07) is 0. The third kappa shape index (κ3) is 2.72. The second-order valence-electron chi connectivity index (χ2n) is 4.04. The van der Waals surface area contributed by atoms with Gasteiger partial charge in [-0.25, -0.2) is 0 Å². The Bertz CT molecular complexity index is 206. The minimum absolute atomic E-state index is 0.0637. The van der Waals surface area contributed by atoms with Crippen molar-refractivity contribution in [2.24, 2.45) is 11.3 Å². The number of carboxylic acids is 2. The number of carboxylic acid groups (broad SMARTS) is 2. The quantitative estimate of drug-likeness (QED) is 0.646. The van der Waals surface area contributed by atoms with Crippen molar-refractivity contribution in [2.45, 2.75) is 40.0 Å². The van der Waals surface area contributed by atoms with Crippen LogP contribution in [0.5, 0.6) is 0 Å². The minimum atomic E-state index is -1.59. The number of hydrogen-bond acceptors (Lipinski definition) is 2. The van der Waals surface area contributed by atoms with Gasteiger partial charge >= 0.3 is 11.9 Å². The van der Waals surface area contributed by atoms with E-state index in [1.165, 1.54) is 0 Å². The first-order valence-corrected chi connectivity index (χ1v) is 4.83. The first kappa shape index (κ1) is 12.9. The summed E-state index contributed by atoms with van der Waals surface area (Å²) >= 11 is 0. The molecular weight excluding hydrogens is 184 g/mol. The summed E-state index contributed by atoms with van der Waals surface area (Å²) in [7, 11) is 0. The SMILES string of the molecule is CCCC(CC(C)C)(C(=O)O)C(=O)O. The van der Waals surface area contributed by atoms with Gasteiger partial charge in [-0.15, -0.1) is 0 Å². The lowest BCUT2D eigenvalue weighted by molar-refractivity contribution is -0.166. The average Bonchev–Trinajstić information content (AvgIpc) is 2.01. The molecule has 0 aliphatic rings. The maximum absolute atomic E-state index is 11.0. The molecule has 0 rings (SSSR count). The van der Waals surface area contributed by atoms with Crippen molar-refractivity contribution in [3.05, 3.63) is 0 Å². The third-order valence-corrected chi connectivity index (χ3v) is 2.25. The predicted octanol–water partition coefficient (Wildman–Crippen LogP) is 1.99. The molecule has 0 atom stereocenters. The summed E-state index contributed by atoms with van der Waals surface area (Å²) in [6.45, 7) is 5.45. The van der Waals surface area contributed by atoms with Gasteiger partial charge in [-0.05, 0) is 18.8 Å².